The minimum atomic E-state index is -0.429. The number of likely N-dealkylation sites (tertiary alicyclic amines) is 1. The Morgan fingerprint density at radius 1 is 1.18 bits per heavy atom. The lowest BCUT2D eigenvalue weighted by atomic mass is 9.94. The second-order valence-corrected chi connectivity index (χ2v) is 8.20. The number of aromatic nitrogens is 2. The van der Waals surface area contributed by atoms with E-state index in [0.717, 1.165) is 11.3 Å². The molecule has 0 spiro atoms. The highest BCUT2D eigenvalue weighted by atomic mass is 19.1. The first-order chi connectivity index (χ1) is 16.0. The third-order valence-corrected chi connectivity index (χ3v) is 5.98. The van der Waals surface area contributed by atoms with E-state index in [1.165, 1.54) is 12.1 Å². The molecule has 2 amide bonds. The van der Waals surface area contributed by atoms with Gasteiger partial charge in [0.1, 0.15) is 11.6 Å². The number of benzene rings is 2. The van der Waals surface area contributed by atoms with E-state index in [2.05, 4.69) is 20.6 Å². The zero-order chi connectivity index (χ0) is 23.4. The van der Waals surface area contributed by atoms with Crippen molar-refractivity contribution in [3.05, 3.63) is 81.9 Å². The van der Waals surface area contributed by atoms with Crippen LogP contribution in [0, 0.1) is 12.7 Å². The molecule has 0 radical (unpaired) electrons. The summed E-state index contributed by atoms with van der Waals surface area (Å²) in [7, 11) is 1.65. The molecule has 174 valence electrons. The Morgan fingerprint density at radius 2 is 1.97 bits per heavy atom. The molecule has 3 aromatic rings. The molecule has 1 aliphatic rings. The molecule has 2 atom stereocenters. The molecule has 1 aromatic heterocycles. The van der Waals surface area contributed by atoms with Gasteiger partial charge in [0.15, 0.2) is 0 Å². The fourth-order valence-electron chi connectivity index (χ4n) is 4.26. The summed E-state index contributed by atoms with van der Waals surface area (Å²) in [6.07, 6.45) is 0. The Labute approximate surface area is 191 Å². The summed E-state index contributed by atoms with van der Waals surface area (Å²) in [4.78, 5) is 27.5. The van der Waals surface area contributed by atoms with Crippen molar-refractivity contribution in [1.29, 1.82) is 0 Å². The van der Waals surface area contributed by atoms with Crippen molar-refractivity contribution in [2.75, 3.05) is 38.7 Å². The molecule has 0 unspecified atom stereocenters. The van der Waals surface area contributed by atoms with E-state index in [9.17, 15) is 14.0 Å². The van der Waals surface area contributed by atoms with Crippen molar-refractivity contribution in [2.24, 2.45) is 0 Å². The minimum Gasteiger partial charge on any atom is -0.383 e. The van der Waals surface area contributed by atoms with Gasteiger partial charge in [0.25, 0.3) is 5.56 Å². The van der Waals surface area contributed by atoms with Gasteiger partial charge in [-0.25, -0.2) is 13.9 Å². The monoisotopic (exact) mass is 453 g/mol. The van der Waals surface area contributed by atoms with Crippen LogP contribution in [0.2, 0.25) is 0 Å². The first kappa shape index (κ1) is 22.8. The number of carbonyl (C=O) groups excluding carboxylic acids is 1. The standard InChI is InChI=1S/C24H28FN5O3/c1-16-22(30(28-23(16)31)19-9-4-3-5-10-19)27-24(32)26-21-15-29(11-12-33-2)14-20(21)17-7-6-8-18(25)13-17/h3-10,13,20-21H,11-12,14-15H2,1-2H3,(H,28,31)(H2,26,27,32)/t20-,21+/m0/s1. The van der Waals surface area contributed by atoms with Crippen molar-refractivity contribution < 1.29 is 13.9 Å². The van der Waals surface area contributed by atoms with Crippen molar-refractivity contribution in [2.45, 2.75) is 18.9 Å². The van der Waals surface area contributed by atoms with Crippen LogP contribution in [0.25, 0.3) is 5.69 Å². The highest BCUT2D eigenvalue weighted by molar-refractivity contribution is 5.89. The van der Waals surface area contributed by atoms with Crippen LogP contribution in [0.5, 0.6) is 0 Å². The largest absolute Gasteiger partial charge is 0.383 e. The van der Waals surface area contributed by atoms with Crippen LogP contribution < -0.4 is 16.2 Å². The van der Waals surface area contributed by atoms with Gasteiger partial charge in [0.05, 0.1) is 23.9 Å². The van der Waals surface area contributed by atoms with Crippen LogP contribution in [-0.4, -0.2) is 60.1 Å². The number of hydrogen-bond donors (Lipinski definition) is 3. The van der Waals surface area contributed by atoms with Crippen LogP contribution in [0.3, 0.4) is 0 Å². The molecular formula is C24H28FN5O3. The first-order valence-electron chi connectivity index (χ1n) is 10.9. The number of ether oxygens (including phenoxy) is 1. The Balaban J connectivity index is 1.54. The molecule has 4 rings (SSSR count). The van der Waals surface area contributed by atoms with Gasteiger partial charge < -0.3 is 10.1 Å². The predicted molar refractivity (Wildman–Crippen MR) is 125 cm³/mol. The minimum absolute atomic E-state index is 0.0769. The number of para-hydroxylation sites is 1. The van der Waals surface area contributed by atoms with Crippen LogP contribution in [0.15, 0.2) is 59.4 Å². The van der Waals surface area contributed by atoms with E-state index in [-0.39, 0.29) is 23.3 Å². The van der Waals surface area contributed by atoms with Crippen LogP contribution in [0.4, 0.5) is 15.0 Å². The Hall–Kier alpha value is -3.43. The maximum Gasteiger partial charge on any atom is 0.320 e. The predicted octanol–water partition coefficient (Wildman–Crippen LogP) is 2.85. The maximum absolute atomic E-state index is 13.9. The van der Waals surface area contributed by atoms with Gasteiger partial charge in [0.2, 0.25) is 0 Å². The van der Waals surface area contributed by atoms with Gasteiger partial charge in [0, 0.05) is 32.7 Å². The summed E-state index contributed by atoms with van der Waals surface area (Å²) in [6.45, 7) is 4.23. The van der Waals surface area contributed by atoms with Gasteiger partial charge in [-0.3, -0.25) is 20.1 Å². The number of halogens is 1. The smallest absolute Gasteiger partial charge is 0.320 e. The number of urea groups is 1. The Kier molecular flexibility index (Phi) is 6.90. The van der Waals surface area contributed by atoms with Crippen LogP contribution in [-0.2, 0) is 4.74 Å². The molecule has 1 fully saturated rings. The zero-order valence-electron chi connectivity index (χ0n) is 18.7. The number of carbonyl (C=O) groups is 1. The highest BCUT2D eigenvalue weighted by Gasteiger charge is 2.35. The van der Waals surface area contributed by atoms with Crippen molar-refractivity contribution in [3.63, 3.8) is 0 Å². The molecule has 9 heteroatoms. The topological polar surface area (TPSA) is 91.4 Å². The average molecular weight is 454 g/mol. The number of aromatic amines is 1. The van der Waals surface area contributed by atoms with Crippen LogP contribution in [0.1, 0.15) is 17.0 Å². The summed E-state index contributed by atoms with van der Waals surface area (Å²) in [6, 6.07) is 15.1. The van der Waals surface area contributed by atoms with Crippen molar-refractivity contribution in [3.8, 4) is 5.69 Å². The molecule has 8 nitrogen and oxygen atoms in total. The van der Waals surface area contributed by atoms with Crippen molar-refractivity contribution in [1.82, 2.24) is 20.0 Å². The fraction of sp³-hybridized carbons (Fsp3) is 0.333. The first-order valence-corrected chi connectivity index (χ1v) is 10.9. The average Bonchev–Trinajstić information content (AvgIpc) is 3.34. The van der Waals surface area contributed by atoms with E-state index in [0.29, 0.717) is 37.6 Å². The molecule has 0 bridgehead atoms. The van der Waals surface area contributed by atoms with E-state index in [1.54, 1.807) is 24.8 Å². The molecule has 33 heavy (non-hydrogen) atoms. The summed E-state index contributed by atoms with van der Waals surface area (Å²) in [5.41, 5.74) is 1.68. The number of amides is 2. The number of nitrogens with zero attached hydrogens (tertiary/aromatic N) is 2. The summed E-state index contributed by atoms with van der Waals surface area (Å²) < 4.78 is 20.6. The lowest BCUT2D eigenvalue weighted by Gasteiger charge is -2.21. The molecular weight excluding hydrogens is 425 g/mol. The molecule has 2 heterocycles. The molecule has 1 aliphatic heterocycles. The zero-order valence-corrected chi connectivity index (χ0v) is 18.7. The third-order valence-electron chi connectivity index (χ3n) is 5.98. The Bertz CT molecular complexity index is 1160. The van der Waals surface area contributed by atoms with E-state index < -0.39 is 6.03 Å². The van der Waals surface area contributed by atoms with Gasteiger partial charge in [-0.2, -0.15) is 0 Å². The number of anilines is 1. The molecule has 3 N–H and O–H groups in total. The normalized spacial score (nSPS) is 18.4. The number of methoxy groups -OCH3 is 1. The lowest BCUT2D eigenvalue weighted by Crippen LogP contribution is -2.42. The van der Waals surface area contributed by atoms with Gasteiger partial charge >= 0.3 is 6.03 Å². The summed E-state index contributed by atoms with van der Waals surface area (Å²) >= 11 is 0. The summed E-state index contributed by atoms with van der Waals surface area (Å²) in [5.74, 6) is -0.00643. The summed E-state index contributed by atoms with van der Waals surface area (Å²) in [5, 5.41) is 8.62. The molecule has 0 aliphatic carbocycles. The lowest BCUT2D eigenvalue weighted by molar-refractivity contribution is 0.159. The third kappa shape index (κ3) is 5.15. The van der Waals surface area contributed by atoms with Gasteiger partial charge in [-0.1, -0.05) is 30.3 Å². The van der Waals surface area contributed by atoms with E-state index in [1.807, 2.05) is 36.4 Å². The van der Waals surface area contributed by atoms with Gasteiger partial charge in [-0.15, -0.1) is 0 Å². The van der Waals surface area contributed by atoms with E-state index >= 15 is 0 Å². The molecule has 2 aromatic carbocycles. The Morgan fingerprint density at radius 3 is 2.70 bits per heavy atom. The number of hydrogen-bond acceptors (Lipinski definition) is 4. The second kappa shape index (κ2) is 10.0. The van der Waals surface area contributed by atoms with E-state index in [4.69, 9.17) is 4.74 Å². The quantitative estimate of drug-likeness (QED) is 0.513. The fourth-order valence-corrected chi connectivity index (χ4v) is 4.26. The van der Waals surface area contributed by atoms with Crippen molar-refractivity contribution >= 4 is 11.8 Å². The molecule has 0 saturated carbocycles. The maximum atomic E-state index is 13.9. The second-order valence-electron chi connectivity index (χ2n) is 8.20. The number of rotatable bonds is 7. The van der Waals surface area contributed by atoms with Crippen LogP contribution >= 0.6 is 0 Å². The number of nitrogens with one attached hydrogen (secondary N) is 3. The SMILES string of the molecule is COCCN1C[C@@H](NC(=O)Nc2c(C)c(=O)[nH]n2-c2ccccc2)[C@H](c2cccc(F)c2)C1. The highest BCUT2D eigenvalue weighted by Crippen LogP contribution is 2.28. The number of H-pyrrole nitrogens is 1. The van der Waals surface area contributed by atoms with Gasteiger partial charge in [-0.05, 0) is 36.8 Å². The molecule has 1 saturated heterocycles.